The first-order chi connectivity index (χ1) is 14.8. The van der Waals surface area contributed by atoms with Gasteiger partial charge in [0.25, 0.3) is 5.91 Å². The zero-order valence-electron chi connectivity index (χ0n) is 18.1. The van der Waals surface area contributed by atoms with Crippen molar-refractivity contribution in [3.05, 3.63) is 59.3 Å². The number of benzene rings is 2. The molecule has 0 fully saturated rings. The molecule has 7 nitrogen and oxygen atoms in total. The second-order valence-electron chi connectivity index (χ2n) is 7.81. The Kier molecular flexibility index (Phi) is 7.18. The molecule has 0 aliphatic carbocycles. The molecule has 1 heterocycles. The molecule has 0 atom stereocenters. The molecule has 0 saturated heterocycles. The molecular weight excluding hydrogens is 398 g/mol. The molecule has 1 aliphatic heterocycles. The van der Waals surface area contributed by atoms with Gasteiger partial charge in [-0.25, -0.2) is 4.79 Å². The fourth-order valence-electron chi connectivity index (χ4n) is 2.75. The first kappa shape index (κ1) is 22.2. The Morgan fingerprint density at radius 1 is 1.03 bits per heavy atom. The standard InChI is InChI=1S/C24H27NO6/c1-15(2)13-28-19-8-6-18(7-9-19)23(26)25-20(24(27)31-16(3)4)11-17-5-10-21-22(12-17)30-14-29-21/h5-12,15-16H,13-14H2,1-4H3,(H,25,26)/b20-11-. The Hall–Kier alpha value is -3.48. The maximum absolute atomic E-state index is 12.8. The Balaban J connectivity index is 1.78. The van der Waals surface area contributed by atoms with Crippen LogP contribution in [-0.2, 0) is 9.53 Å². The Morgan fingerprint density at radius 2 is 1.74 bits per heavy atom. The number of carbonyl (C=O) groups is 2. The number of carbonyl (C=O) groups excluding carboxylic acids is 2. The van der Waals surface area contributed by atoms with Crippen LogP contribution in [0, 0.1) is 5.92 Å². The lowest BCUT2D eigenvalue weighted by atomic mass is 10.1. The molecule has 0 spiro atoms. The molecule has 0 bridgehead atoms. The summed E-state index contributed by atoms with van der Waals surface area (Å²) in [4.78, 5) is 25.3. The van der Waals surface area contributed by atoms with Crippen molar-refractivity contribution < 1.29 is 28.5 Å². The minimum Gasteiger partial charge on any atom is -0.493 e. The molecule has 0 unspecified atom stereocenters. The van der Waals surface area contributed by atoms with E-state index in [0.717, 1.165) is 0 Å². The first-order valence-corrected chi connectivity index (χ1v) is 10.2. The molecule has 1 N–H and O–H groups in total. The summed E-state index contributed by atoms with van der Waals surface area (Å²) in [6.07, 6.45) is 1.21. The van der Waals surface area contributed by atoms with E-state index in [1.807, 2.05) is 0 Å². The van der Waals surface area contributed by atoms with E-state index in [2.05, 4.69) is 19.2 Å². The number of nitrogens with one attached hydrogen (secondary N) is 1. The average Bonchev–Trinajstić information content (AvgIpc) is 3.19. The third-order valence-corrected chi connectivity index (χ3v) is 4.22. The Labute approximate surface area is 181 Å². The van der Waals surface area contributed by atoms with Crippen LogP contribution in [-0.4, -0.2) is 31.4 Å². The van der Waals surface area contributed by atoms with E-state index in [1.165, 1.54) is 0 Å². The van der Waals surface area contributed by atoms with Crippen molar-refractivity contribution in [2.45, 2.75) is 33.8 Å². The summed E-state index contributed by atoms with van der Waals surface area (Å²) in [6.45, 7) is 8.35. The van der Waals surface area contributed by atoms with E-state index >= 15 is 0 Å². The van der Waals surface area contributed by atoms with Crippen molar-refractivity contribution in [1.82, 2.24) is 5.32 Å². The van der Waals surface area contributed by atoms with Crippen LogP contribution in [0.15, 0.2) is 48.2 Å². The summed E-state index contributed by atoms with van der Waals surface area (Å²) in [6, 6.07) is 12.0. The van der Waals surface area contributed by atoms with Gasteiger partial charge in [-0.2, -0.15) is 0 Å². The van der Waals surface area contributed by atoms with Gasteiger partial charge in [0.15, 0.2) is 11.5 Å². The maximum Gasteiger partial charge on any atom is 0.355 e. The zero-order valence-corrected chi connectivity index (χ0v) is 18.1. The normalized spacial score (nSPS) is 12.8. The van der Waals surface area contributed by atoms with Crippen molar-refractivity contribution in [2.24, 2.45) is 5.92 Å². The van der Waals surface area contributed by atoms with Gasteiger partial charge in [-0.1, -0.05) is 19.9 Å². The molecule has 7 heteroatoms. The van der Waals surface area contributed by atoms with Gasteiger partial charge in [-0.3, -0.25) is 4.79 Å². The number of hydrogen-bond acceptors (Lipinski definition) is 6. The molecule has 1 aliphatic rings. The van der Waals surface area contributed by atoms with Gasteiger partial charge in [0, 0.05) is 5.56 Å². The highest BCUT2D eigenvalue weighted by Gasteiger charge is 2.19. The van der Waals surface area contributed by atoms with Crippen LogP contribution in [0.5, 0.6) is 17.2 Å². The van der Waals surface area contributed by atoms with Crippen molar-refractivity contribution in [1.29, 1.82) is 0 Å². The molecule has 0 saturated carbocycles. The summed E-state index contributed by atoms with van der Waals surface area (Å²) >= 11 is 0. The molecule has 1 amide bonds. The van der Waals surface area contributed by atoms with E-state index in [0.29, 0.717) is 40.9 Å². The molecule has 31 heavy (non-hydrogen) atoms. The van der Waals surface area contributed by atoms with Crippen LogP contribution >= 0.6 is 0 Å². The van der Waals surface area contributed by atoms with Gasteiger partial charge < -0.3 is 24.3 Å². The van der Waals surface area contributed by atoms with Crippen molar-refractivity contribution in [3.63, 3.8) is 0 Å². The SMILES string of the molecule is CC(C)COc1ccc(C(=O)N/C(=C\c2ccc3c(c2)OCO3)C(=O)OC(C)C)cc1. The van der Waals surface area contributed by atoms with Crippen LogP contribution < -0.4 is 19.5 Å². The van der Waals surface area contributed by atoms with Crippen LogP contribution in [0.1, 0.15) is 43.6 Å². The quantitative estimate of drug-likeness (QED) is 0.505. The number of ether oxygens (including phenoxy) is 4. The molecule has 2 aromatic rings. The second-order valence-corrected chi connectivity index (χ2v) is 7.81. The van der Waals surface area contributed by atoms with E-state index in [1.54, 1.807) is 62.4 Å². The first-order valence-electron chi connectivity index (χ1n) is 10.2. The third-order valence-electron chi connectivity index (χ3n) is 4.22. The number of rotatable bonds is 8. The predicted molar refractivity (Wildman–Crippen MR) is 116 cm³/mol. The van der Waals surface area contributed by atoms with Crippen LogP contribution in [0.4, 0.5) is 0 Å². The molecular formula is C24H27NO6. The van der Waals surface area contributed by atoms with E-state index in [9.17, 15) is 9.59 Å². The van der Waals surface area contributed by atoms with E-state index < -0.39 is 11.9 Å². The van der Waals surface area contributed by atoms with Crippen LogP contribution in [0.25, 0.3) is 6.08 Å². The summed E-state index contributed by atoms with van der Waals surface area (Å²) in [5, 5.41) is 2.66. The van der Waals surface area contributed by atoms with Crippen LogP contribution in [0.2, 0.25) is 0 Å². The summed E-state index contributed by atoms with van der Waals surface area (Å²) in [7, 11) is 0. The lowest BCUT2D eigenvalue weighted by Crippen LogP contribution is -2.29. The Morgan fingerprint density at radius 3 is 2.42 bits per heavy atom. The molecule has 0 radical (unpaired) electrons. The lowest BCUT2D eigenvalue weighted by molar-refractivity contribution is -0.142. The number of hydrogen-bond donors (Lipinski definition) is 1. The molecule has 3 rings (SSSR count). The highest BCUT2D eigenvalue weighted by Crippen LogP contribution is 2.33. The van der Waals surface area contributed by atoms with Gasteiger partial charge in [0.1, 0.15) is 11.4 Å². The molecule has 164 valence electrons. The zero-order chi connectivity index (χ0) is 22.4. The highest BCUT2D eigenvalue weighted by molar-refractivity contribution is 6.03. The highest BCUT2D eigenvalue weighted by atomic mass is 16.7. The minimum atomic E-state index is -0.627. The second kappa shape index (κ2) is 10.0. The third kappa shape index (κ3) is 6.25. The summed E-state index contributed by atoms with van der Waals surface area (Å²) in [5.74, 6) is 1.24. The van der Waals surface area contributed by atoms with Crippen molar-refractivity contribution in [2.75, 3.05) is 13.4 Å². The molecule has 0 aromatic heterocycles. The number of amides is 1. The summed E-state index contributed by atoms with van der Waals surface area (Å²) in [5.41, 5.74) is 1.08. The maximum atomic E-state index is 12.8. The smallest absolute Gasteiger partial charge is 0.355 e. The lowest BCUT2D eigenvalue weighted by Gasteiger charge is -2.13. The van der Waals surface area contributed by atoms with Gasteiger partial charge in [-0.05, 0) is 67.8 Å². The van der Waals surface area contributed by atoms with Crippen molar-refractivity contribution >= 4 is 18.0 Å². The van der Waals surface area contributed by atoms with Gasteiger partial charge in [0.2, 0.25) is 6.79 Å². The van der Waals surface area contributed by atoms with E-state index in [4.69, 9.17) is 18.9 Å². The predicted octanol–water partition coefficient (Wildman–Crippen LogP) is 4.17. The topological polar surface area (TPSA) is 83.1 Å². The average molecular weight is 425 g/mol. The van der Waals surface area contributed by atoms with Crippen LogP contribution in [0.3, 0.4) is 0 Å². The largest absolute Gasteiger partial charge is 0.493 e. The molecule has 2 aromatic carbocycles. The van der Waals surface area contributed by atoms with Crippen molar-refractivity contribution in [3.8, 4) is 17.2 Å². The fraction of sp³-hybridized carbons (Fsp3) is 0.333. The monoisotopic (exact) mass is 425 g/mol. The van der Waals surface area contributed by atoms with Gasteiger partial charge in [0.05, 0.1) is 12.7 Å². The number of fused-ring (bicyclic) bond motifs is 1. The van der Waals surface area contributed by atoms with Gasteiger partial charge >= 0.3 is 5.97 Å². The fourth-order valence-corrected chi connectivity index (χ4v) is 2.75. The van der Waals surface area contributed by atoms with E-state index in [-0.39, 0.29) is 18.6 Å². The Bertz CT molecular complexity index is 963. The summed E-state index contributed by atoms with van der Waals surface area (Å²) < 4.78 is 21.6. The minimum absolute atomic E-state index is 0.0256. The van der Waals surface area contributed by atoms with Gasteiger partial charge in [-0.15, -0.1) is 0 Å². The number of esters is 1.